The molecule has 0 radical (unpaired) electrons. The zero-order chi connectivity index (χ0) is 24.1. The maximum atomic E-state index is 12.7. The molecular formula is C27H37N5O3. The van der Waals surface area contributed by atoms with E-state index in [-0.39, 0.29) is 12.0 Å². The van der Waals surface area contributed by atoms with E-state index in [0.29, 0.717) is 42.4 Å². The van der Waals surface area contributed by atoms with Crippen LogP contribution in [0.5, 0.6) is 11.6 Å². The third kappa shape index (κ3) is 5.85. The number of nitrogens with zero attached hydrogens (tertiary/aromatic N) is 4. The third-order valence-corrected chi connectivity index (χ3v) is 8.04. The lowest BCUT2D eigenvalue weighted by molar-refractivity contribution is -0.117. The molecule has 4 aliphatic rings. The second-order valence-electron chi connectivity index (χ2n) is 10.4. The van der Waals surface area contributed by atoms with Crippen molar-refractivity contribution in [2.24, 2.45) is 11.3 Å². The number of pyridine rings is 1. The summed E-state index contributed by atoms with van der Waals surface area (Å²) < 4.78 is 11.9. The summed E-state index contributed by atoms with van der Waals surface area (Å²) >= 11 is 0. The molecule has 0 aromatic carbocycles. The first kappa shape index (κ1) is 23.8. The van der Waals surface area contributed by atoms with Gasteiger partial charge in [-0.2, -0.15) is 0 Å². The quantitative estimate of drug-likeness (QED) is 0.541. The van der Waals surface area contributed by atoms with Gasteiger partial charge in [0.25, 0.3) is 5.88 Å². The predicted molar refractivity (Wildman–Crippen MR) is 135 cm³/mol. The fourth-order valence-corrected chi connectivity index (χ4v) is 6.00. The summed E-state index contributed by atoms with van der Waals surface area (Å²) in [5.41, 5.74) is 0.401. The van der Waals surface area contributed by atoms with Crippen molar-refractivity contribution in [1.29, 1.82) is 0 Å². The van der Waals surface area contributed by atoms with E-state index in [1.807, 2.05) is 19.1 Å². The molecule has 8 nitrogen and oxygen atoms in total. The Kier molecular flexibility index (Phi) is 7.35. The van der Waals surface area contributed by atoms with Crippen LogP contribution in [0.1, 0.15) is 71.1 Å². The summed E-state index contributed by atoms with van der Waals surface area (Å²) in [4.78, 5) is 28.3. The van der Waals surface area contributed by atoms with E-state index in [1.54, 1.807) is 18.6 Å². The lowest BCUT2D eigenvalue weighted by atomic mass is 9.59. The van der Waals surface area contributed by atoms with E-state index in [2.05, 4.69) is 20.2 Å². The van der Waals surface area contributed by atoms with Crippen molar-refractivity contribution >= 4 is 17.5 Å². The number of aromatic nitrogens is 3. The number of anilines is 2. The number of amides is 1. The molecule has 2 bridgehead atoms. The number of carbonyl (C=O) groups is 1. The predicted octanol–water partition coefficient (Wildman–Crippen LogP) is 5.01. The van der Waals surface area contributed by atoms with Gasteiger partial charge in [0.15, 0.2) is 11.6 Å². The normalized spacial score (nSPS) is 25.8. The molecule has 0 unspecified atom stereocenters. The maximum Gasteiger partial charge on any atom is 0.257 e. The average Bonchev–Trinajstić information content (AvgIpc) is 2.90. The Morgan fingerprint density at radius 1 is 1.20 bits per heavy atom. The van der Waals surface area contributed by atoms with Gasteiger partial charge in [-0.25, -0.2) is 9.97 Å². The molecule has 1 amide bonds. The Labute approximate surface area is 207 Å². The number of nitrogens with one attached hydrogen (secondary N) is 1. The molecule has 1 atom stereocenters. The second kappa shape index (κ2) is 10.8. The lowest BCUT2D eigenvalue weighted by Crippen LogP contribution is -2.41. The maximum absolute atomic E-state index is 12.7. The van der Waals surface area contributed by atoms with Gasteiger partial charge in [0.05, 0.1) is 25.5 Å². The van der Waals surface area contributed by atoms with Crippen LogP contribution in [-0.2, 0) is 4.79 Å². The van der Waals surface area contributed by atoms with Crippen molar-refractivity contribution in [3.05, 3.63) is 30.7 Å². The topological polar surface area (TPSA) is 89.5 Å². The van der Waals surface area contributed by atoms with Gasteiger partial charge in [-0.3, -0.25) is 9.78 Å². The minimum Gasteiger partial charge on any atom is -0.488 e. The molecule has 1 aliphatic heterocycles. The van der Waals surface area contributed by atoms with Crippen molar-refractivity contribution in [2.75, 3.05) is 29.9 Å². The van der Waals surface area contributed by atoms with Gasteiger partial charge in [0, 0.05) is 19.2 Å². The summed E-state index contributed by atoms with van der Waals surface area (Å²) in [7, 11) is 0. The number of piperidine rings is 1. The molecule has 1 saturated heterocycles. The van der Waals surface area contributed by atoms with Crippen LogP contribution in [0.4, 0.5) is 11.6 Å². The van der Waals surface area contributed by atoms with Crippen molar-refractivity contribution in [3.63, 3.8) is 0 Å². The van der Waals surface area contributed by atoms with Crippen molar-refractivity contribution in [3.8, 4) is 11.6 Å². The Balaban J connectivity index is 1.16. The molecule has 188 valence electrons. The first-order valence-corrected chi connectivity index (χ1v) is 13.2. The number of hydrogen-bond donors (Lipinski definition) is 1. The van der Waals surface area contributed by atoms with Gasteiger partial charge in [-0.05, 0) is 88.2 Å². The lowest BCUT2D eigenvalue weighted by Gasteiger charge is -2.46. The minimum absolute atomic E-state index is 0.0252. The molecule has 0 spiro atoms. The van der Waals surface area contributed by atoms with E-state index in [0.717, 1.165) is 37.5 Å². The van der Waals surface area contributed by atoms with Crippen LogP contribution in [0, 0.1) is 11.3 Å². The van der Waals surface area contributed by atoms with Crippen LogP contribution >= 0.6 is 0 Å². The van der Waals surface area contributed by atoms with Crippen LogP contribution in [0.15, 0.2) is 30.7 Å². The van der Waals surface area contributed by atoms with Gasteiger partial charge in [-0.1, -0.05) is 0 Å². The van der Waals surface area contributed by atoms with Crippen molar-refractivity contribution < 1.29 is 14.3 Å². The molecule has 35 heavy (non-hydrogen) atoms. The van der Waals surface area contributed by atoms with E-state index < -0.39 is 0 Å². The Bertz CT molecular complexity index is 994. The number of ether oxygens (including phenoxy) is 2. The van der Waals surface area contributed by atoms with E-state index in [9.17, 15) is 4.79 Å². The van der Waals surface area contributed by atoms with Crippen LogP contribution in [0.3, 0.4) is 0 Å². The third-order valence-electron chi connectivity index (χ3n) is 8.04. The Hall–Kier alpha value is -2.90. The summed E-state index contributed by atoms with van der Waals surface area (Å²) in [5.74, 6) is 3.45. The van der Waals surface area contributed by atoms with E-state index in [1.165, 1.54) is 38.5 Å². The highest BCUT2D eigenvalue weighted by Gasteiger charge is 2.40. The molecular weight excluding hydrogens is 442 g/mol. The standard InChI is InChI=1S/C27H37N5O3/c1-2-34-22-6-3-15-29-26(22)35-21-5-4-16-32(19-21)24-18-28-17-23(30-24)31-25(33)10-14-27-11-7-20(8-12-27)9-13-27/h3,6,15,17-18,20-21H,2,4-5,7-14,16,19H2,1H3,(H,30,31,33)/t20?,21-,27?/m1/s1. The van der Waals surface area contributed by atoms with Crippen LogP contribution in [-0.4, -0.2) is 46.7 Å². The summed E-state index contributed by atoms with van der Waals surface area (Å²) in [6.45, 7) is 4.06. The SMILES string of the molecule is CCOc1cccnc1O[C@@H]1CCCN(c2cncc(NC(=O)CCC34CCC(CC3)CC4)n2)C1. The van der Waals surface area contributed by atoms with E-state index >= 15 is 0 Å². The van der Waals surface area contributed by atoms with Crippen LogP contribution < -0.4 is 19.7 Å². The Morgan fingerprint density at radius 2 is 2.03 bits per heavy atom. The molecule has 3 heterocycles. The van der Waals surface area contributed by atoms with Crippen molar-refractivity contribution in [2.45, 2.75) is 77.2 Å². The highest BCUT2D eigenvalue weighted by Crippen LogP contribution is 2.52. The molecule has 3 aliphatic carbocycles. The average molecular weight is 480 g/mol. The molecule has 1 N–H and O–H groups in total. The van der Waals surface area contributed by atoms with Gasteiger partial charge < -0.3 is 19.7 Å². The number of carbonyl (C=O) groups excluding carboxylic acids is 1. The molecule has 2 aromatic heterocycles. The van der Waals surface area contributed by atoms with Gasteiger partial charge in [-0.15, -0.1) is 0 Å². The van der Waals surface area contributed by atoms with E-state index in [4.69, 9.17) is 14.5 Å². The molecule has 3 saturated carbocycles. The first-order chi connectivity index (χ1) is 17.1. The van der Waals surface area contributed by atoms with Gasteiger partial charge in [0.2, 0.25) is 5.91 Å². The first-order valence-electron chi connectivity index (χ1n) is 13.2. The largest absolute Gasteiger partial charge is 0.488 e. The zero-order valence-corrected chi connectivity index (χ0v) is 20.7. The fraction of sp³-hybridized carbons (Fsp3) is 0.630. The highest BCUT2D eigenvalue weighted by atomic mass is 16.5. The molecule has 8 heteroatoms. The number of rotatable bonds is 9. The summed E-state index contributed by atoms with van der Waals surface area (Å²) in [6.07, 6.45) is 16.5. The molecule has 4 fully saturated rings. The van der Waals surface area contributed by atoms with Gasteiger partial charge >= 0.3 is 0 Å². The zero-order valence-electron chi connectivity index (χ0n) is 20.7. The van der Waals surface area contributed by atoms with Crippen LogP contribution in [0.25, 0.3) is 0 Å². The number of hydrogen-bond acceptors (Lipinski definition) is 7. The Morgan fingerprint density at radius 3 is 2.83 bits per heavy atom. The number of fused-ring (bicyclic) bond motifs is 3. The van der Waals surface area contributed by atoms with Crippen molar-refractivity contribution in [1.82, 2.24) is 15.0 Å². The fourth-order valence-electron chi connectivity index (χ4n) is 6.00. The second-order valence-corrected chi connectivity index (χ2v) is 10.4. The van der Waals surface area contributed by atoms with Crippen LogP contribution in [0.2, 0.25) is 0 Å². The monoisotopic (exact) mass is 479 g/mol. The summed E-state index contributed by atoms with van der Waals surface area (Å²) in [5, 5.41) is 2.99. The summed E-state index contributed by atoms with van der Waals surface area (Å²) in [6, 6.07) is 3.72. The molecule has 2 aromatic rings. The highest BCUT2D eigenvalue weighted by molar-refractivity contribution is 5.89. The minimum atomic E-state index is -0.0252. The smallest absolute Gasteiger partial charge is 0.257 e. The molecule has 6 rings (SSSR count). The van der Waals surface area contributed by atoms with Gasteiger partial charge in [0.1, 0.15) is 11.9 Å².